The van der Waals surface area contributed by atoms with Crippen molar-refractivity contribution in [2.75, 3.05) is 5.32 Å². The maximum Gasteiger partial charge on any atom is 0.388 e. The van der Waals surface area contributed by atoms with Crippen LogP contribution < -0.4 is 10.1 Å². The number of nitrogens with one attached hydrogen (secondary N) is 1. The van der Waals surface area contributed by atoms with Crippen molar-refractivity contribution in [1.82, 2.24) is 20.0 Å². The summed E-state index contributed by atoms with van der Waals surface area (Å²) in [6, 6.07) is 11.1. The molecule has 4 rings (SSSR count). The van der Waals surface area contributed by atoms with Crippen LogP contribution in [0.4, 0.5) is 14.5 Å². The van der Waals surface area contributed by atoms with E-state index in [9.17, 15) is 13.6 Å². The van der Waals surface area contributed by atoms with Gasteiger partial charge in [0.25, 0.3) is 0 Å². The van der Waals surface area contributed by atoms with E-state index in [-0.39, 0.29) is 29.3 Å². The van der Waals surface area contributed by atoms with Crippen molar-refractivity contribution in [2.45, 2.75) is 71.9 Å². The van der Waals surface area contributed by atoms with Gasteiger partial charge < -0.3 is 10.1 Å². The first-order valence-corrected chi connectivity index (χ1v) is 12.0. The number of anilines is 1. The van der Waals surface area contributed by atoms with E-state index < -0.39 is 12.0 Å². The molecule has 188 valence electrons. The van der Waals surface area contributed by atoms with Crippen LogP contribution in [0.15, 0.2) is 48.8 Å². The van der Waals surface area contributed by atoms with Gasteiger partial charge in [-0.1, -0.05) is 57.2 Å². The molecule has 3 aromatic rings. The molecule has 0 saturated heterocycles. The lowest BCUT2D eigenvalue weighted by Gasteiger charge is -2.47. The number of carbonyl (C=O) groups excluding carboxylic acids is 1. The Hall–Kier alpha value is -3.36. The number of carbonyl (C=O) groups is 1. The van der Waals surface area contributed by atoms with Crippen molar-refractivity contribution in [3.63, 3.8) is 0 Å². The van der Waals surface area contributed by atoms with Gasteiger partial charge in [-0.25, -0.2) is 4.98 Å². The zero-order valence-corrected chi connectivity index (χ0v) is 20.8. The lowest BCUT2D eigenvalue weighted by atomic mass is 9.56. The van der Waals surface area contributed by atoms with E-state index in [1.54, 1.807) is 36.1 Å². The number of hydrogen-bond acceptors (Lipinski definition) is 5. The molecule has 1 amide bonds. The molecule has 0 atom stereocenters. The van der Waals surface area contributed by atoms with Crippen molar-refractivity contribution in [3.05, 3.63) is 65.6 Å². The van der Waals surface area contributed by atoms with Gasteiger partial charge in [0.1, 0.15) is 5.69 Å². The van der Waals surface area contributed by atoms with Crippen molar-refractivity contribution < 1.29 is 18.3 Å². The highest BCUT2D eigenvalue weighted by Gasteiger charge is 2.52. The summed E-state index contributed by atoms with van der Waals surface area (Å²) in [6.07, 6.45) is 4.63. The normalized spacial score (nSPS) is 19.1. The van der Waals surface area contributed by atoms with E-state index in [1.165, 1.54) is 0 Å². The lowest BCUT2D eigenvalue weighted by molar-refractivity contribution is -0.127. The highest BCUT2D eigenvalue weighted by molar-refractivity contribution is 6.01. The van der Waals surface area contributed by atoms with Crippen LogP contribution in [-0.2, 0) is 16.8 Å². The van der Waals surface area contributed by atoms with Crippen LogP contribution in [0.1, 0.15) is 63.3 Å². The van der Waals surface area contributed by atoms with Gasteiger partial charge in [0.2, 0.25) is 11.8 Å². The van der Waals surface area contributed by atoms with Gasteiger partial charge in [-0.3, -0.25) is 9.48 Å². The minimum atomic E-state index is -3.04. The molecule has 1 fully saturated rings. The van der Waals surface area contributed by atoms with Crippen LogP contribution in [-0.4, -0.2) is 32.5 Å². The van der Waals surface area contributed by atoms with E-state index in [0.717, 1.165) is 11.1 Å². The summed E-state index contributed by atoms with van der Waals surface area (Å²) in [5, 5.41) is 10.7. The molecule has 2 aromatic heterocycles. The van der Waals surface area contributed by atoms with E-state index in [2.05, 4.69) is 39.2 Å². The molecule has 1 aliphatic carbocycles. The molecule has 0 bridgehead atoms. The van der Waals surface area contributed by atoms with Gasteiger partial charge in [0.05, 0.1) is 11.6 Å². The smallest absolute Gasteiger partial charge is 0.388 e. The second-order valence-electron chi connectivity index (χ2n) is 8.86. The number of aromatic nitrogens is 4. The molecule has 1 N–H and O–H groups in total. The number of benzene rings is 1. The molecular formula is C26H33F2N5O2. The molecule has 0 unspecified atom stereocenters. The lowest BCUT2D eigenvalue weighted by Crippen LogP contribution is -2.52. The van der Waals surface area contributed by atoms with Crippen LogP contribution in [0.3, 0.4) is 0 Å². The fraction of sp³-hybridized carbons (Fsp3) is 0.462. The average molecular weight is 486 g/mol. The monoisotopic (exact) mass is 485 g/mol. The Morgan fingerprint density at radius 1 is 1.20 bits per heavy atom. The third kappa shape index (κ3) is 5.83. The first kappa shape index (κ1) is 26.2. The number of rotatable bonds is 8. The fourth-order valence-corrected chi connectivity index (χ4v) is 4.66. The highest BCUT2D eigenvalue weighted by Crippen LogP contribution is 2.51. The largest absolute Gasteiger partial charge is 0.415 e. The number of nitrogens with zero attached hydrogens (tertiary/aromatic N) is 4. The molecular weight excluding hydrogens is 452 g/mol. The van der Waals surface area contributed by atoms with Crippen LogP contribution in [0.5, 0.6) is 5.88 Å². The average Bonchev–Trinajstić information content (AvgIpc) is 3.32. The van der Waals surface area contributed by atoms with Crippen LogP contribution >= 0.6 is 0 Å². The Bertz CT molecular complexity index is 1110. The zero-order chi connectivity index (χ0) is 25.6. The summed E-state index contributed by atoms with van der Waals surface area (Å²) in [6.45, 7) is 7.47. The second kappa shape index (κ2) is 11.4. The number of halogens is 2. The first-order chi connectivity index (χ1) is 16.8. The molecule has 0 spiro atoms. The number of pyridine rings is 1. The quantitative estimate of drug-likeness (QED) is 0.441. The summed E-state index contributed by atoms with van der Waals surface area (Å²) in [5.41, 5.74) is 1.91. The molecule has 0 radical (unpaired) electrons. The molecule has 9 heteroatoms. The minimum absolute atomic E-state index is 0.132. The van der Waals surface area contributed by atoms with E-state index >= 15 is 0 Å². The molecule has 1 aliphatic rings. The fourth-order valence-electron chi connectivity index (χ4n) is 4.66. The van der Waals surface area contributed by atoms with E-state index in [0.29, 0.717) is 25.1 Å². The van der Waals surface area contributed by atoms with Gasteiger partial charge in [-0.05, 0) is 54.9 Å². The van der Waals surface area contributed by atoms with Gasteiger partial charge >= 0.3 is 6.61 Å². The van der Waals surface area contributed by atoms with Crippen LogP contribution in [0.25, 0.3) is 0 Å². The number of alkyl halides is 2. The van der Waals surface area contributed by atoms with Crippen LogP contribution in [0, 0.1) is 12.8 Å². The van der Waals surface area contributed by atoms with Gasteiger partial charge in [0.15, 0.2) is 0 Å². The SMILES string of the molecule is CC.Cc1ccc(NC(=O)C2(c3ccccc3C(C)C)CC(Cn3ccnn3)C2)c(OC(F)F)n1. The second-order valence-corrected chi connectivity index (χ2v) is 8.86. The Balaban J connectivity index is 0.00000167. The predicted molar refractivity (Wildman–Crippen MR) is 131 cm³/mol. The predicted octanol–water partition coefficient (Wildman–Crippen LogP) is 5.72. The Morgan fingerprint density at radius 3 is 2.54 bits per heavy atom. The van der Waals surface area contributed by atoms with Crippen molar-refractivity contribution in [1.29, 1.82) is 0 Å². The molecule has 35 heavy (non-hydrogen) atoms. The first-order valence-electron chi connectivity index (χ1n) is 12.0. The topological polar surface area (TPSA) is 81.9 Å². The summed E-state index contributed by atoms with van der Waals surface area (Å²) in [7, 11) is 0. The van der Waals surface area contributed by atoms with Gasteiger partial charge in [-0.15, -0.1) is 5.10 Å². The minimum Gasteiger partial charge on any atom is -0.415 e. The standard InChI is InChI=1S/C24H27F2N5O2.C2H6/c1-15(2)18-6-4-5-7-19(18)24(12-17(13-24)14-31-11-10-27-30-31)22(32)29-20-9-8-16(3)28-21(20)33-23(25)26;1-2/h4-11,15,17,23H,12-14H2,1-3H3,(H,29,32);1-2H3. The number of ether oxygens (including phenoxy) is 1. The van der Waals surface area contributed by atoms with Gasteiger partial charge in [0, 0.05) is 18.4 Å². The summed E-state index contributed by atoms with van der Waals surface area (Å²) in [5.74, 6) is -0.0936. The maximum atomic E-state index is 13.7. The molecule has 7 nitrogen and oxygen atoms in total. The third-order valence-corrected chi connectivity index (χ3v) is 6.17. The zero-order valence-electron chi connectivity index (χ0n) is 20.8. The van der Waals surface area contributed by atoms with Crippen molar-refractivity contribution in [2.24, 2.45) is 5.92 Å². The van der Waals surface area contributed by atoms with E-state index in [1.807, 2.05) is 38.1 Å². The molecule has 2 heterocycles. The summed E-state index contributed by atoms with van der Waals surface area (Å²) >= 11 is 0. The van der Waals surface area contributed by atoms with Crippen LogP contribution in [0.2, 0.25) is 0 Å². The van der Waals surface area contributed by atoms with Gasteiger partial charge in [-0.2, -0.15) is 8.78 Å². The molecule has 1 aromatic carbocycles. The van der Waals surface area contributed by atoms with Crippen molar-refractivity contribution in [3.8, 4) is 5.88 Å². The number of aryl methyl sites for hydroxylation is 1. The third-order valence-electron chi connectivity index (χ3n) is 6.17. The molecule has 1 saturated carbocycles. The Kier molecular flexibility index (Phi) is 8.53. The Labute approximate surface area is 204 Å². The maximum absolute atomic E-state index is 13.7. The number of amides is 1. The van der Waals surface area contributed by atoms with Crippen molar-refractivity contribution >= 4 is 11.6 Å². The Morgan fingerprint density at radius 2 is 1.91 bits per heavy atom. The summed E-state index contributed by atoms with van der Waals surface area (Å²) < 4.78 is 32.2. The summed E-state index contributed by atoms with van der Waals surface area (Å²) in [4.78, 5) is 17.8. The molecule has 0 aliphatic heterocycles. The van der Waals surface area contributed by atoms with E-state index in [4.69, 9.17) is 0 Å². The highest BCUT2D eigenvalue weighted by atomic mass is 19.3. The number of hydrogen-bond donors (Lipinski definition) is 1.